The van der Waals surface area contributed by atoms with Gasteiger partial charge in [0.15, 0.2) is 6.10 Å². The molecule has 0 aromatic heterocycles. The lowest BCUT2D eigenvalue weighted by Crippen LogP contribution is -2.30. The average molecular weight is 927 g/mol. The Bertz CT molecular complexity index is 1440. The predicted octanol–water partition coefficient (Wildman–Crippen LogP) is 18.1. The minimum Gasteiger partial charge on any atom is -0.462 e. The van der Waals surface area contributed by atoms with Crippen LogP contribution in [0.2, 0.25) is 0 Å². The van der Waals surface area contributed by atoms with Gasteiger partial charge in [-0.25, -0.2) is 0 Å². The molecule has 0 radical (unpaired) electrons. The number of hydrogen-bond acceptors (Lipinski definition) is 6. The van der Waals surface area contributed by atoms with Gasteiger partial charge in [-0.15, -0.1) is 0 Å². The SMILES string of the molecule is CC/C=C\C/C=C\C/C=C\C/C=C\C/C=C\CCCCCCCCCCCCCCCC(=O)OCC(COC(=O)CCCCCCC)OC(=O)C/C=C\C/C=C\C/C=C\C/C=C\C/C=C\CC. The number of unbranched alkanes of at least 4 members (excludes halogenated alkanes) is 17. The van der Waals surface area contributed by atoms with Crippen LogP contribution in [-0.4, -0.2) is 37.2 Å². The van der Waals surface area contributed by atoms with Crippen LogP contribution in [0, 0.1) is 0 Å². The summed E-state index contributed by atoms with van der Waals surface area (Å²) in [6, 6.07) is 0. The quantitative estimate of drug-likeness (QED) is 0.0262. The number of hydrogen-bond donors (Lipinski definition) is 0. The summed E-state index contributed by atoms with van der Waals surface area (Å²) >= 11 is 0. The van der Waals surface area contributed by atoms with E-state index in [9.17, 15) is 14.4 Å². The van der Waals surface area contributed by atoms with Gasteiger partial charge in [0, 0.05) is 12.8 Å². The van der Waals surface area contributed by atoms with Gasteiger partial charge in [-0.1, -0.05) is 239 Å². The van der Waals surface area contributed by atoms with Crippen LogP contribution in [0.25, 0.3) is 0 Å². The maximum Gasteiger partial charge on any atom is 0.310 e. The Balaban J connectivity index is 4.13. The van der Waals surface area contributed by atoms with Crippen molar-refractivity contribution in [2.75, 3.05) is 13.2 Å². The third kappa shape index (κ3) is 52.6. The summed E-state index contributed by atoms with van der Waals surface area (Å²) in [4.78, 5) is 37.6. The van der Waals surface area contributed by atoms with Crippen LogP contribution in [0.1, 0.15) is 226 Å². The fourth-order valence-corrected chi connectivity index (χ4v) is 7.01. The zero-order chi connectivity index (χ0) is 48.6. The van der Waals surface area contributed by atoms with Gasteiger partial charge in [0.2, 0.25) is 0 Å². The summed E-state index contributed by atoms with van der Waals surface area (Å²) in [5, 5.41) is 0. The number of esters is 3. The van der Waals surface area contributed by atoms with Gasteiger partial charge in [-0.05, 0) is 89.9 Å². The van der Waals surface area contributed by atoms with E-state index in [1.807, 2.05) is 6.08 Å². The van der Waals surface area contributed by atoms with Crippen LogP contribution < -0.4 is 0 Å². The molecule has 0 rings (SSSR count). The first-order chi connectivity index (χ1) is 33.0. The Labute approximate surface area is 412 Å². The van der Waals surface area contributed by atoms with Crippen molar-refractivity contribution in [2.24, 2.45) is 0 Å². The Kier molecular flexibility index (Phi) is 51.0. The summed E-state index contributed by atoms with van der Waals surface area (Å²) in [6.07, 6.45) is 75.5. The molecule has 0 aromatic carbocycles. The smallest absolute Gasteiger partial charge is 0.310 e. The molecule has 0 saturated heterocycles. The average Bonchev–Trinajstić information content (AvgIpc) is 3.33. The Morgan fingerprint density at radius 1 is 0.328 bits per heavy atom. The first-order valence-corrected chi connectivity index (χ1v) is 27.0. The van der Waals surface area contributed by atoms with Crippen molar-refractivity contribution >= 4 is 17.9 Å². The molecular formula is C61H98O6. The van der Waals surface area contributed by atoms with Crippen LogP contribution in [0.5, 0.6) is 0 Å². The van der Waals surface area contributed by atoms with E-state index in [2.05, 4.69) is 130 Å². The van der Waals surface area contributed by atoms with E-state index in [1.165, 1.54) is 70.6 Å². The van der Waals surface area contributed by atoms with E-state index in [4.69, 9.17) is 14.2 Å². The summed E-state index contributed by atoms with van der Waals surface area (Å²) < 4.78 is 16.6. The zero-order valence-electron chi connectivity index (χ0n) is 43.1. The normalized spacial score (nSPS) is 13.1. The molecule has 0 heterocycles. The van der Waals surface area contributed by atoms with Crippen LogP contribution in [0.4, 0.5) is 0 Å². The second-order valence-corrected chi connectivity index (χ2v) is 17.4. The standard InChI is InChI=1S/C61H98O6/c1-4-7-10-13-15-17-19-21-23-24-25-26-27-28-29-30-31-32-33-34-35-36-38-39-41-43-45-48-51-54-60(63)66-57-58(56-65-59(62)53-50-47-12-9-6-3)67-61(64)55-52-49-46-44-42-40-37-22-20-18-16-14-11-8-5-2/h7-8,10-11,15-18,21-23,25-26,28-29,37,42,44,49,52,58H,4-6,9,12-14,19-20,24,27,30-36,38-41,43,45-48,50-51,53-57H2,1-3H3/b10-7-,11-8-,17-15-,18-16-,23-21-,26-25-,29-28-,37-22-,44-42-,52-49-. The number of rotatable bonds is 47. The molecule has 67 heavy (non-hydrogen) atoms. The molecule has 0 aromatic rings. The van der Waals surface area contributed by atoms with Gasteiger partial charge in [0.25, 0.3) is 0 Å². The largest absolute Gasteiger partial charge is 0.462 e. The summed E-state index contributed by atoms with van der Waals surface area (Å²) in [6.45, 7) is 6.22. The van der Waals surface area contributed by atoms with E-state index in [-0.39, 0.29) is 31.6 Å². The van der Waals surface area contributed by atoms with Crippen LogP contribution in [-0.2, 0) is 28.6 Å². The molecule has 0 bridgehead atoms. The Hall–Kier alpha value is -4.19. The molecule has 0 spiro atoms. The maximum absolute atomic E-state index is 12.7. The Morgan fingerprint density at radius 2 is 0.627 bits per heavy atom. The highest BCUT2D eigenvalue weighted by atomic mass is 16.6. The molecule has 0 aliphatic heterocycles. The van der Waals surface area contributed by atoms with Crippen LogP contribution >= 0.6 is 0 Å². The maximum atomic E-state index is 12.7. The second-order valence-electron chi connectivity index (χ2n) is 17.4. The minimum absolute atomic E-state index is 0.0941. The third-order valence-electron chi connectivity index (χ3n) is 11.0. The van der Waals surface area contributed by atoms with Crippen molar-refractivity contribution in [3.8, 4) is 0 Å². The van der Waals surface area contributed by atoms with E-state index in [0.717, 1.165) is 116 Å². The zero-order valence-corrected chi connectivity index (χ0v) is 43.1. The van der Waals surface area contributed by atoms with Gasteiger partial charge < -0.3 is 14.2 Å². The molecule has 6 heteroatoms. The van der Waals surface area contributed by atoms with E-state index >= 15 is 0 Å². The molecule has 0 amide bonds. The molecule has 0 fully saturated rings. The first-order valence-electron chi connectivity index (χ1n) is 27.0. The second kappa shape index (κ2) is 54.4. The fourth-order valence-electron chi connectivity index (χ4n) is 7.01. The fraction of sp³-hybridized carbons (Fsp3) is 0.623. The van der Waals surface area contributed by atoms with Gasteiger partial charge in [0.05, 0.1) is 6.42 Å². The molecule has 0 aliphatic carbocycles. The number of ether oxygens (including phenoxy) is 3. The molecule has 1 unspecified atom stereocenters. The highest BCUT2D eigenvalue weighted by Gasteiger charge is 2.19. The Morgan fingerprint density at radius 3 is 0.985 bits per heavy atom. The highest BCUT2D eigenvalue weighted by molar-refractivity contribution is 5.72. The molecule has 0 saturated carbocycles. The van der Waals surface area contributed by atoms with Crippen molar-refractivity contribution < 1.29 is 28.6 Å². The number of carbonyl (C=O) groups is 3. The van der Waals surface area contributed by atoms with Crippen molar-refractivity contribution in [3.05, 3.63) is 122 Å². The van der Waals surface area contributed by atoms with Crippen molar-refractivity contribution in [1.82, 2.24) is 0 Å². The third-order valence-corrected chi connectivity index (χ3v) is 11.0. The van der Waals surface area contributed by atoms with Crippen molar-refractivity contribution in [2.45, 2.75) is 232 Å². The van der Waals surface area contributed by atoms with Crippen LogP contribution in [0.15, 0.2) is 122 Å². The topological polar surface area (TPSA) is 78.9 Å². The molecule has 0 aliphatic rings. The molecular weight excluding hydrogens is 829 g/mol. The number of carbonyl (C=O) groups excluding carboxylic acids is 3. The number of allylic oxidation sites excluding steroid dienone is 19. The van der Waals surface area contributed by atoms with E-state index < -0.39 is 12.1 Å². The molecule has 6 nitrogen and oxygen atoms in total. The summed E-state index contributed by atoms with van der Waals surface area (Å²) in [5.41, 5.74) is 0. The van der Waals surface area contributed by atoms with Crippen molar-refractivity contribution in [1.29, 1.82) is 0 Å². The van der Waals surface area contributed by atoms with Crippen molar-refractivity contribution in [3.63, 3.8) is 0 Å². The first kappa shape index (κ1) is 62.8. The summed E-state index contributed by atoms with van der Waals surface area (Å²) in [7, 11) is 0. The highest BCUT2D eigenvalue weighted by Crippen LogP contribution is 2.14. The minimum atomic E-state index is -0.830. The predicted molar refractivity (Wildman–Crippen MR) is 288 cm³/mol. The van der Waals surface area contributed by atoms with Gasteiger partial charge in [-0.2, -0.15) is 0 Å². The van der Waals surface area contributed by atoms with Gasteiger partial charge >= 0.3 is 17.9 Å². The van der Waals surface area contributed by atoms with E-state index in [1.54, 1.807) is 6.08 Å². The molecule has 1 atom stereocenters. The van der Waals surface area contributed by atoms with Gasteiger partial charge in [0.1, 0.15) is 13.2 Å². The van der Waals surface area contributed by atoms with Gasteiger partial charge in [-0.3, -0.25) is 14.4 Å². The lowest BCUT2D eigenvalue weighted by molar-refractivity contribution is -0.166. The monoisotopic (exact) mass is 927 g/mol. The molecule has 0 N–H and O–H groups in total. The lowest BCUT2D eigenvalue weighted by Gasteiger charge is -2.18. The lowest BCUT2D eigenvalue weighted by atomic mass is 10.0. The molecule has 378 valence electrons. The summed E-state index contributed by atoms with van der Waals surface area (Å²) in [5.74, 6) is -1.07. The van der Waals surface area contributed by atoms with E-state index in [0.29, 0.717) is 12.8 Å². The van der Waals surface area contributed by atoms with Crippen LogP contribution in [0.3, 0.4) is 0 Å².